The maximum atomic E-state index is 13.0. The Hall–Kier alpha value is -3.18. The number of carbonyl (C=O) groups excluding carboxylic acids is 2. The van der Waals surface area contributed by atoms with Crippen LogP contribution in [0.1, 0.15) is 13.8 Å². The lowest BCUT2D eigenvalue weighted by molar-refractivity contribution is -0.400. The predicted octanol–water partition coefficient (Wildman–Crippen LogP) is -23.2. The molecule has 11 heterocycles. The topological polar surface area (TPSA) is 894 Å². The quantitative estimate of drug-likeness (QED) is 0.0271. The maximum absolute atomic E-state index is 13.0. The van der Waals surface area contributed by atoms with Gasteiger partial charge in [0.25, 0.3) is 0 Å². The zero-order chi connectivity index (χ0) is 92.4. The van der Waals surface area contributed by atoms with E-state index in [9.17, 15) is 173 Å². The molecule has 11 rings (SSSR count). The number of esters is 2. The van der Waals surface area contributed by atoms with Crippen molar-refractivity contribution in [3.63, 3.8) is 0 Å². The fourth-order valence-corrected chi connectivity index (χ4v) is 16.1. The molecule has 11 aliphatic heterocycles. The number of rotatable bonds is 33. The van der Waals surface area contributed by atoms with Gasteiger partial charge in [0.05, 0.1) is 72.7 Å². The molecule has 57 nitrogen and oxygen atoms in total. The Morgan fingerprint density at radius 1 is 0.190 bits per heavy atom. The molecule has 0 amide bonds. The fourth-order valence-electron chi connectivity index (χ4n) is 16.1. The molecule has 11 aliphatic rings. The lowest BCUT2D eigenvalue weighted by Crippen LogP contribution is -2.69. The summed E-state index contributed by atoms with van der Waals surface area (Å²) in [5.41, 5.74) is 0. The van der Waals surface area contributed by atoms with E-state index in [1.165, 1.54) is 0 Å². The summed E-state index contributed by atoms with van der Waals surface area (Å²) in [5.74, 6) is -2.34. The van der Waals surface area contributed by atoms with Gasteiger partial charge in [-0.25, -0.2) is 0 Å². The Morgan fingerprint density at radius 3 is 0.746 bits per heavy atom. The van der Waals surface area contributed by atoms with Crippen molar-refractivity contribution in [1.82, 2.24) is 0 Å². The van der Waals surface area contributed by atoms with Gasteiger partial charge < -0.3 is 272 Å². The van der Waals surface area contributed by atoms with Crippen LogP contribution in [0.2, 0.25) is 0 Å². The summed E-state index contributed by atoms with van der Waals surface area (Å²) in [5, 5.41) is 352. The summed E-state index contributed by atoms with van der Waals surface area (Å²) in [6.07, 6.45) is -113. The van der Waals surface area contributed by atoms with Crippen LogP contribution < -0.4 is 0 Å². The van der Waals surface area contributed by atoms with Gasteiger partial charge in [-0.15, -0.1) is 0 Å². The number of hydrogen-bond acceptors (Lipinski definition) is 57. The van der Waals surface area contributed by atoms with Crippen molar-refractivity contribution in [2.75, 3.05) is 72.7 Å². The Bertz CT molecular complexity index is 3310. The van der Waals surface area contributed by atoms with E-state index >= 15 is 0 Å². The molecule has 0 aliphatic carbocycles. The second kappa shape index (κ2) is 45.0. The predicted molar refractivity (Wildman–Crippen MR) is 375 cm³/mol. The molecule has 0 radical (unpaired) electrons. The molecule has 0 spiro atoms. The van der Waals surface area contributed by atoms with E-state index in [-0.39, 0.29) is 0 Å². The van der Waals surface area contributed by atoms with Crippen molar-refractivity contribution < 1.29 is 282 Å². The highest BCUT2D eigenvalue weighted by atomic mass is 16.8. The summed E-state index contributed by atoms with van der Waals surface area (Å²) in [4.78, 5) is 25.2. The van der Waals surface area contributed by atoms with Gasteiger partial charge in [-0.3, -0.25) is 9.59 Å². The zero-order valence-electron chi connectivity index (χ0n) is 66.5. The molecule has 0 aromatic carbocycles. The summed E-state index contributed by atoms with van der Waals surface area (Å²) in [6, 6.07) is 0. The SMILES string of the molecule is CC(=O)O[C@@H]1[C@H](O[C@H]2[C@H](O)[C@H](O)[C@H](O[C@H]3[C@H](O)[C@H](O)[C@H](O[C@H]4[C@H](O)[C@@H](OC(C)=O)[C@H](O[C@H]5[C@H](O)[C@H](O)[C@H](O[C@H]6[C@H](O)[C@H](O)[C@H](O)O[C@@H]6CO[C@@H]6O[C@H](CO)[C@@H](O)[C@H](O[C@H]7O[C@H](CO)[C@@H](O)[C@@H]7O)[C@H]6O)O[C@@H]5CO)O[C@@H]4CO)O[C@@H]3CO[C@@H]3O[C@H](CO)[C@@H](O)[C@H](O[C@@H]4O[C@H](CO)[C@@H](O)[C@H](O[C@@H]5O[C@H](CO)[C@@H](O)[C@H](O)[C@@H]5O)[C@@H]4O)[C@@H]3O)O[C@@H]2CO)O[C@H](CO)[C@@H](O)[C@@H]1O. The van der Waals surface area contributed by atoms with Crippen LogP contribution in [0.15, 0.2) is 0 Å². The summed E-state index contributed by atoms with van der Waals surface area (Å²) >= 11 is 0. The number of hydrogen-bond donors (Lipinski definition) is 32. The van der Waals surface area contributed by atoms with Crippen molar-refractivity contribution in [3.05, 3.63) is 0 Å². The summed E-state index contributed by atoms with van der Waals surface area (Å²) in [6.45, 7) is -10.3. The Balaban J connectivity index is 0.814. The molecule has 0 bridgehead atoms. The minimum absolute atomic E-state index is 0.784. The summed E-state index contributed by atoms with van der Waals surface area (Å²) in [7, 11) is 0. The minimum atomic E-state index is -2.57. The van der Waals surface area contributed by atoms with Crippen molar-refractivity contribution in [1.29, 1.82) is 0 Å². The molecule has 732 valence electrons. The standard InChI is InChI=1S/C69H114O57/c1-14(79)106-57-34(88)28(82)17(4-71)114-68(57)122-49-22(9-76)116-65(43(97)36(49)90)121-53-26(13-105-61-47(101)55(31(85)20(7-74)110-61)126-67-48(102)56(32(86)21(8-75)113-67)125-63-41(95)33(87)27(81)16(3-70)111-63)118-66(44(98)38(53)92)119-51-24(11-78)117-69(58(45(51)99)107-15(2)80)123-50-23(10-77)115-64(42(96)37(50)91)120-52-25(108-59(103)39(93)35(52)89)12-104-60-46(100)54(30(84)19(6-73)109-60)124-62-40(94)29(83)18(5-72)112-62/h16-78,81-103H,3-13H2,1-2H3/t16-,17-,18-,19-,20-,21-,22-,23-,24-,25-,26-,27-,28-,29-,30-,31-,32-,33+,34+,35-,36-,37-,38-,39+,40+,41+,42+,43+,44+,45+,46-,47+,48+,49-,50-,51-,52-,53-,54+,55+,56+,57+,58-,59-,60-,61-,62-,63+,64+,65+,66+,67+,68+,69+/m1/s1. The molecule has 0 aromatic heterocycles. The van der Waals surface area contributed by atoms with E-state index in [0.717, 1.165) is 13.8 Å². The van der Waals surface area contributed by atoms with E-state index in [4.69, 9.17) is 109 Å². The van der Waals surface area contributed by atoms with Crippen LogP contribution in [-0.4, -0.2) is 580 Å². The number of ether oxygens (including phenoxy) is 23. The van der Waals surface area contributed by atoms with E-state index in [1.54, 1.807) is 0 Å². The largest absolute Gasteiger partial charge is 0.454 e. The molecule has 0 aromatic rings. The number of aliphatic hydroxyl groups excluding tert-OH is 32. The normalized spacial score (nSPS) is 51.6. The Labute approximate surface area is 710 Å². The third-order valence-electron chi connectivity index (χ3n) is 23.2. The third-order valence-corrected chi connectivity index (χ3v) is 23.2. The molecule has 0 saturated carbocycles. The minimum Gasteiger partial charge on any atom is -0.454 e. The molecule has 11 saturated heterocycles. The van der Waals surface area contributed by atoms with Crippen molar-refractivity contribution in [3.8, 4) is 0 Å². The van der Waals surface area contributed by atoms with Crippen molar-refractivity contribution >= 4 is 11.9 Å². The van der Waals surface area contributed by atoms with Crippen LogP contribution in [0.4, 0.5) is 0 Å². The van der Waals surface area contributed by atoms with Crippen LogP contribution in [0.25, 0.3) is 0 Å². The molecule has 32 N–H and O–H groups in total. The molecule has 57 heteroatoms. The lowest BCUT2D eigenvalue weighted by atomic mass is 9.95. The molecule has 126 heavy (non-hydrogen) atoms. The van der Waals surface area contributed by atoms with Gasteiger partial charge in [-0.05, 0) is 0 Å². The van der Waals surface area contributed by atoms with Crippen LogP contribution >= 0.6 is 0 Å². The van der Waals surface area contributed by atoms with Crippen LogP contribution in [0, 0.1) is 0 Å². The van der Waals surface area contributed by atoms with Crippen LogP contribution in [0.5, 0.6) is 0 Å². The van der Waals surface area contributed by atoms with Gasteiger partial charge in [0.15, 0.2) is 81.4 Å². The third kappa shape index (κ3) is 22.0. The average Bonchev–Trinajstić information content (AvgIpc) is 1.57. The molecular formula is C69H114O57. The second-order valence-corrected chi connectivity index (χ2v) is 31.6. The molecule has 0 unspecified atom stereocenters. The van der Waals surface area contributed by atoms with E-state index < -0.39 is 416 Å². The van der Waals surface area contributed by atoms with E-state index in [2.05, 4.69) is 0 Å². The van der Waals surface area contributed by atoms with Crippen LogP contribution in [0.3, 0.4) is 0 Å². The molecular weight excluding hydrogens is 1740 g/mol. The lowest BCUT2D eigenvalue weighted by Gasteiger charge is -2.50. The first-order valence-electron chi connectivity index (χ1n) is 39.9. The van der Waals surface area contributed by atoms with E-state index in [0.29, 0.717) is 0 Å². The Kier molecular flexibility index (Phi) is 36.9. The van der Waals surface area contributed by atoms with Gasteiger partial charge in [-0.2, -0.15) is 0 Å². The average molecular weight is 1860 g/mol. The van der Waals surface area contributed by atoms with Gasteiger partial charge in [0.2, 0.25) is 0 Å². The van der Waals surface area contributed by atoms with Gasteiger partial charge in [0.1, 0.15) is 250 Å². The maximum Gasteiger partial charge on any atom is 0.303 e. The fraction of sp³-hybridized carbons (Fsp3) is 0.971. The van der Waals surface area contributed by atoms with Crippen molar-refractivity contribution in [2.24, 2.45) is 0 Å². The first kappa shape index (κ1) is 103. The second-order valence-electron chi connectivity index (χ2n) is 31.6. The van der Waals surface area contributed by atoms with Crippen molar-refractivity contribution in [2.45, 2.75) is 346 Å². The highest BCUT2D eigenvalue weighted by Crippen LogP contribution is 2.42. The highest BCUT2D eigenvalue weighted by Gasteiger charge is 2.62. The number of aliphatic hydroxyl groups is 32. The first-order valence-corrected chi connectivity index (χ1v) is 39.9. The highest BCUT2D eigenvalue weighted by molar-refractivity contribution is 5.66. The van der Waals surface area contributed by atoms with Gasteiger partial charge >= 0.3 is 11.9 Å². The smallest absolute Gasteiger partial charge is 0.303 e. The first-order chi connectivity index (χ1) is 59.7. The molecule has 11 fully saturated rings. The van der Waals surface area contributed by atoms with E-state index in [1.807, 2.05) is 0 Å². The number of carbonyl (C=O) groups is 2. The molecule has 54 atom stereocenters. The Morgan fingerprint density at radius 2 is 0.397 bits per heavy atom. The zero-order valence-corrected chi connectivity index (χ0v) is 66.5. The monoisotopic (exact) mass is 1850 g/mol. The van der Waals surface area contributed by atoms with Gasteiger partial charge in [-0.1, -0.05) is 0 Å². The summed E-state index contributed by atoms with van der Waals surface area (Å²) < 4.78 is 131. The van der Waals surface area contributed by atoms with Gasteiger partial charge in [0, 0.05) is 13.8 Å². The van der Waals surface area contributed by atoms with Crippen LogP contribution in [-0.2, 0) is 119 Å².